The molecule has 0 saturated carbocycles. The van der Waals surface area contributed by atoms with E-state index in [1.54, 1.807) is 24.3 Å². The molecule has 0 aliphatic carbocycles. The third-order valence-electron chi connectivity index (χ3n) is 2.84. The van der Waals surface area contributed by atoms with E-state index < -0.39 is 17.2 Å². The summed E-state index contributed by atoms with van der Waals surface area (Å²) >= 11 is 0. The number of nitrogens with zero attached hydrogens (tertiary/aromatic N) is 1. The number of nitrogens with one attached hydrogen (secondary N) is 2. The van der Waals surface area contributed by atoms with E-state index in [1.165, 1.54) is 19.9 Å². The number of carbonyl (C=O) groups excluding carboxylic acids is 2. The van der Waals surface area contributed by atoms with Gasteiger partial charge in [-0.05, 0) is 26.0 Å². The molecular weight excluding hydrogens is 254 g/mol. The minimum Gasteiger partial charge on any atom is -0.352 e. The van der Waals surface area contributed by atoms with E-state index in [9.17, 15) is 9.59 Å². The number of rotatable bonds is 5. The van der Waals surface area contributed by atoms with Crippen LogP contribution in [0.15, 0.2) is 36.9 Å². The van der Waals surface area contributed by atoms with Crippen LogP contribution in [0.25, 0.3) is 0 Å². The fourth-order valence-corrected chi connectivity index (χ4v) is 1.46. The summed E-state index contributed by atoms with van der Waals surface area (Å²) in [5.41, 5.74) is -0.501. The second kappa shape index (κ2) is 6.53. The molecule has 5 heteroatoms. The summed E-state index contributed by atoms with van der Waals surface area (Å²) in [5.74, 6) is -0.869. The Morgan fingerprint density at radius 1 is 1.35 bits per heavy atom. The molecule has 0 unspecified atom stereocenters. The second-order valence-corrected chi connectivity index (χ2v) is 4.74. The van der Waals surface area contributed by atoms with Gasteiger partial charge < -0.3 is 10.6 Å². The maximum atomic E-state index is 12.2. The first-order valence-corrected chi connectivity index (χ1v) is 6.13. The first-order chi connectivity index (χ1) is 9.43. The molecule has 0 fully saturated rings. The molecule has 5 nitrogen and oxygen atoms in total. The Morgan fingerprint density at radius 3 is 2.60 bits per heavy atom. The van der Waals surface area contributed by atoms with Crippen molar-refractivity contribution >= 4 is 17.5 Å². The SMILES string of the molecule is C=CCNC(=O)C(C)(C)C(=O)Nc1ccccc1C#N. The average molecular weight is 271 g/mol. The molecule has 0 aliphatic rings. The first kappa shape index (κ1) is 15.4. The topological polar surface area (TPSA) is 82.0 Å². The standard InChI is InChI=1S/C15H17N3O2/c1-4-9-17-13(19)15(2,3)14(20)18-12-8-6-5-7-11(12)10-16/h4-8H,1,9H2,2-3H3,(H,17,19)(H,18,20). The van der Waals surface area contributed by atoms with Gasteiger partial charge in [0.05, 0.1) is 11.3 Å². The van der Waals surface area contributed by atoms with Crippen molar-refractivity contribution < 1.29 is 9.59 Å². The lowest BCUT2D eigenvalue weighted by atomic mass is 9.90. The Morgan fingerprint density at radius 2 is 2.00 bits per heavy atom. The molecule has 0 spiro atoms. The van der Waals surface area contributed by atoms with Gasteiger partial charge in [0, 0.05) is 6.54 Å². The summed E-state index contributed by atoms with van der Waals surface area (Å²) in [6.45, 7) is 6.84. The number of anilines is 1. The van der Waals surface area contributed by atoms with Crippen LogP contribution in [0, 0.1) is 16.7 Å². The molecule has 104 valence electrons. The zero-order chi connectivity index (χ0) is 15.2. The van der Waals surface area contributed by atoms with Gasteiger partial charge in [-0.1, -0.05) is 18.2 Å². The Kier molecular flexibility index (Phi) is 5.04. The van der Waals surface area contributed by atoms with Crippen LogP contribution in [0.3, 0.4) is 0 Å². The van der Waals surface area contributed by atoms with Crippen LogP contribution < -0.4 is 10.6 Å². The largest absolute Gasteiger partial charge is 0.352 e. The van der Waals surface area contributed by atoms with Crippen molar-refractivity contribution in [3.63, 3.8) is 0 Å². The van der Waals surface area contributed by atoms with Crippen LogP contribution in [0.2, 0.25) is 0 Å². The molecule has 0 aliphatic heterocycles. The molecule has 20 heavy (non-hydrogen) atoms. The molecule has 0 bridgehead atoms. The van der Waals surface area contributed by atoms with Crippen LogP contribution in [-0.4, -0.2) is 18.4 Å². The molecule has 0 aromatic heterocycles. The number of hydrogen-bond donors (Lipinski definition) is 2. The zero-order valence-electron chi connectivity index (χ0n) is 11.6. The lowest BCUT2D eigenvalue weighted by molar-refractivity contribution is -0.138. The van der Waals surface area contributed by atoms with E-state index in [0.29, 0.717) is 17.8 Å². The molecule has 1 rings (SSSR count). The molecule has 0 heterocycles. The normalized spacial score (nSPS) is 10.2. The van der Waals surface area contributed by atoms with Gasteiger partial charge in [0.1, 0.15) is 11.5 Å². The van der Waals surface area contributed by atoms with Crippen molar-refractivity contribution in [2.24, 2.45) is 5.41 Å². The highest BCUT2D eigenvalue weighted by molar-refractivity contribution is 6.10. The molecule has 0 atom stereocenters. The van der Waals surface area contributed by atoms with Crippen molar-refractivity contribution in [3.8, 4) is 6.07 Å². The molecular formula is C15H17N3O2. The highest BCUT2D eigenvalue weighted by atomic mass is 16.2. The Balaban J connectivity index is 2.87. The van der Waals surface area contributed by atoms with E-state index in [4.69, 9.17) is 5.26 Å². The fourth-order valence-electron chi connectivity index (χ4n) is 1.46. The third-order valence-corrected chi connectivity index (χ3v) is 2.84. The Labute approximate surface area is 118 Å². The van der Waals surface area contributed by atoms with Crippen LogP contribution in [0.4, 0.5) is 5.69 Å². The lowest BCUT2D eigenvalue weighted by Crippen LogP contribution is -2.45. The van der Waals surface area contributed by atoms with Crippen LogP contribution >= 0.6 is 0 Å². The monoisotopic (exact) mass is 271 g/mol. The van der Waals surface area contributed by atoms with Crippen molar-refractivity contribution in [2.75, 3.05) is 11.9 Å². The smallest absolute Gasteiger partial charge is 0.239 e. The van der Waals surface area contributed by atoms with Crippen molar-refractivity contribution in [2.45, 2.75) is 13.8 Å². The van der Waals surface area contributed by atoms with Crippen molar-refractivity contribution in [1.29, 1.82) is 5.26 Å². The average Bonchev–Trinajstić information content (AvgIpc) is 2.45. The zero-order valence-corrected chi connectivity index (χ0v) is 11.6. The van der Waals surface area contributed by atoms with Crippen LogP contribution in [-0.2, 0) is 9.59 Å². The number of benzene rings is 1. The minimum atomic E-state index is -1.24. The summed E-state index contributed by atoms with van der Waals surface area (Å²) in [4.78, 5) is 24.1. The summed E-state index contributed by atoms with van der Waals surface area (Å²) in [7, 11) is 0. The van der Waals surface area contributed by atoms with E-state index in [1.807, 2.05) is 6.07 Å². The van der Waals surface area contributed by atoms with Gasteiger partial charge in [-0.3, -0.25) is 9.59 Å². The summed E-state index contributed by atoms with van der Waals surface area (Å²) in [5, 5.41) is 14.2. The van der Waals surface area contributed by atoms with Gasteiger partial charge in [-0.25, -0.2) is 0 Å². The molecule has 0 radical (unpaired) electrons. The predicted molar refractivity (Wildman–Crippen MR) is 76.8 cm³/mol. The van der Waals surface area contributed by atoms with Gasteiger partial charge in [-0.2, -0.15) is 5.26 Å². The summed E-state index contributed by atoms with van der Waals surface area (Å²) in [6.07, 6.45) is 1.54. The maximum Gasteiger partial charge on any atom is 0.239 e. The summed E-state index contributed by atoms with van der Waals surface area (Å²) < 4.78 is 0. The Hall–Kier alpha value is -2.61. The van der Waals surface area contributed by atoms with E-state index in [-0.39, 0.29) is 0 Å². The molecule has 1 aromatic carbocycles. The van der Waals surface area contributed by atoms with Gasteiger partial charge >= 0.3 is 0 Å². The second-order valence-electron chi connectivity index (χ2n) is 4.74. The predicted octanol–water partition coefficient (Wildman–Crippen LogP) is 1.83. The number of carbonyl (C=O) groups is 2. The maximum absolute atomic E-state index is 12.2. The van der Waals surface area contributed by atoms with Gasteiger partial charge in [0.15, 0.2) is 0 Å². The number of para-hydroxylation sites is 1. The van der Waals surface area contributed by atoms with Gasteiger partial charge in [0.25, 0.3) is 0 Å². The van der Waals surface area contributed by atoms with E-state index >= 15 is 0 Å². The van der Waals surface area contributed by atoms with Crippen molar-refractivity contribution in [3.05, 3.63) is 42.5 Å². The minimum absolute atomic E-state index is 0.296. The first-order valence-electron chi connectivity index (χ1n) is 6.13. The van der Waals surface area contributed by atoms with Gasteiger partial charge in [-0.15, -0.1) is 6.58 Å². The lowest BCUT2D eigenvalue weighted by Gasteiger charge is -2.22. The molecule has 2 amide bonds. The van der Waals surface area contributed by atoms with Crippen LogP contribution in [0.5, 0.6) is 0 Å². The van der Waals surface area contributed by atoms with E-state index in [2.05, 4.69) is 17.2 Å². The molecule has 0 saturated heterocycles. The number of nitriles is 1. The number of hydrogen-bond acceptors (Lipinski definition) is 3. The third kappa shape index (κ3) is 3.45. The summed E-state index contributed by atoms with van der Waals surface area (Å²) in [6, 6.07) is 8.62. The Bertz CT molecular complexity index is 571. The van der Waals surface area contributed by atoms with Crippen molar-refractivity contribution in [1.82, 2.24) is 5.32 Å². The fraction of sp³-hybridized carbons (Fsp3) is 0.267. The van der Waals surface area contributed by atoms with Crippen LogP contribution in [0.1, 0.15) is 19.4 Å². The molecule has 2 N–H and O–H groups in total. The van der Waals surface area contributed by atoms with E-state index in [0.717, 1.165) is 0 Å². The van der Waals surface area contributed by atoms with Gasteiger partial charge in [0.2, 0.25) is 11.8 Å². The number of amides is 2. The highest BCUT2D eigenvalue weighted by Crippen LogP contribution is 2.21. The molecule has 1 aromatic rings. The highest BCUT2D eigenvalue weighted by Gasteiger charge is 2.35. The quantitative estimate of drug-likeness (QED) is 0.633.